The van der Waals surface area contributed by atoms with Gasteiger partial charge in [0.1, 0.15) is 5.75 Å². The number of piperazine rings is 1. The lowest BCUT2D eigenvalue weighted by molar-refractivity contribution is 0.224. The fourth-order valence-electron chi connectivity index (χ4n) is 3.47. The first-order valence-corrected chi connectivity index (χ1v) is 9.07. The fraction of sp³-hybridized carbons (Fsp3) is 0.350. The average Bonchev–Trinajstić information content (AvgIpc) is 3.16. The number of rotatable bonds is 6. The summed E-state index contributed by atoms with van der Waals surface area (Å²) in [6.45, 7) is 5.79. The zero-order valence-electron chi connectivity index (χ0n) is 14.7. The summed E-state index contributed by atoms with van der Waals surface area (Å²) in [5.41, 5.74) is 2.52. The zero-order valence-corrected chi connectivity index (χ0v) is 14.7. The van der Waals surface area contributed by atoms with Crippen molar-refractivity contribution in [3.63, 3.8) is 0 Å². The Balaban J connectivity index is 1.22. The van der Waals surface area contributed by atoms with Gasteiger partial charge in [0.25, 0.3) is 0 Å². The zero-order chi connectivity index (χ0) is 17.8. The summed E-state index contributed by atoms with van der Waals surface area (Å²) >= 11 is 0. The molecule has 5 nitrogen and oxygen atoms in total. The van der Waals surface area contributed by atoms with Gasteiger partial charge in [-0.3, -0.25) is 4.90 Å². The summed E-state index contributed by atoms with van der Waals surface area (Å²) in [6.07, 6.45) is 4.37. The molecule has 6 heteroatoms. The molecule has 3 aromatic rings. The van der Waals surface area contributed by atoms with Crippen molar-refractivity contribution in [2.75, 3.05) is 44.2 Å². The first kappa shape index (κ1) is 16.8. The van der Waals surface area contributed by atoms with E-state index in [2.05, 4.69) is 44.0 Å². The van der Waals surface area contributed by atoms with Crippen molar-refractivity contribution >= 4 is 16.6 Å². The van der Waals surface area contributed by atoms with Crippen LogP contribution in [0.25, 0.3) is 10.9 Å². The molecule has 0 amide bonds. The van der Waals surface area contributed by atoms with Gasteiger partial charge >= 0.3 is 0 Å². The van der Waals surface area contributed by atoms with Crippen molar-refractivity contribution in [1.82, 2.24) is 14.9 Å². The molecule has 0 unspecified atom stereocenters. The Labute approximate surface area is 152 Å². The van der Waals surface area contributed by atoms with Gasteiger partial charge in [-0.15, -0.1) is 0 Å². The van der Waals surface area contributed by atoms with E-state index in [0.29, 0.717) is 12.4 Å². The third-order valence-electron chi connectivity index (χ3n) is 4.87. The predicted molar refractivity (Wildman–Crippen MR) is 101 cm³/mol. The highest BCUT2D eigenvalue weighted by atomic mass is 19.1. The molecule has 0 atom stereocenters. The molecule has 0 spiro atoms. The number of aromatic amines is 1. The molecule has 0 aliphatic carbocycles. The summed E-state index contributed by atoms with van der Waals surface area (Å²) in [5.74, 6) is 0.139. The maximum absolute atomic E-state index is 12.8. The predicted octanol–water partition coefficient (Wildman–Crippen LogP) is 3.29. The molecule has 1 N–H and O–H groups in total. The highest BCUT2D eigenvalue weighted by molar-refractivity contribution is 5.91. The van der Waals surface area contributed by atoms with Gasteiger partial charge in [0.05, 0.1) is 24.0 Å². The van der Waals surface area contributed by atoms with Crippen molar-refractivity contribution in [3.8, 4) is 5.75 Å². The monoisotopic (exact) mass is 354 g/mol. The molecule has 0 bridgehead atoms. The van der Waals surface area contributed by atoms with E-state index in [1.807, 2.05) is 6.20 Å². The number of anilines is 1. The number of fused-ring (bicyclic) bond motifs is 1. The van der Waals surface area contributed by atoms with Gasteiger partial charge in [-0.1, -0.05) is 12.1 Å². The lowest BCUT2D eigenvalue weighted by Crippen LogP contribution is -2.46. The number of nitrogens with one attached hydrogen (secondary N) is 1. The van der Waals surface area contributed by atoms with Crippen LogP contribution in [0.1, 0.15) is 6.42 Å². The van der Waals surface area contributed by atoms with Gasteiger partial charge in [0.2, 0.25) is 5.95 Å². The van der Waals surface area contributed by atoms with Crippen LogP contribution in [0, 0.1) is 5.95 Å². The second kappa shape index (κ2) is 7.74. The second-order valence-corrected chi connectivity index (χ2v) is 6.57. The molecule has 26 heavy (non-hydrogen) atoms. The van der Waals surface area contributed by atoms with E-state index in [9.17, 15) is 4.39 Å². The summed E-state index contributed by atoms with van der Waals surface area (Å²) < 4.78 is 18.4. The van der Waals surface area contributed by atoms with Crippen molar-refractivity contribution in [3.05, 3.63) is 54.7 Å². The Bertz CT molecular complexity index is 840. The number of hydrogen-bond donors (Lipinski definition) is 1. The molecule has 0 saturated carbocycles. The molecule has 1 aliphatic heterocycles. The SMILES string of the molecule is Fc1ccc(OCCCN2CCN(c3cccc4cc[nH]c34)CC2)cn1. The number of benzene rings is 1. The molecular formula is C20H23FN4O. The minimum absolute atomic E-state index is 0.481. The molecular weight excluding hydrogens is 331 g/mol. The Hall–Kier alpha value is -2.60. The molecule has 1 aromatic carbocycles. The van der Waals surface area contributed by atoms with Crippen LogP contribution in [0.3, 0.4) is 0 Å². The van der Waals surface area contributed by atoms with Crippen LogP contribution in [-0.2, 0) is 0 Å². The molecule has 136 valence electrons. The smallest absolute Gasteiger partial charge is 0.213 e. The summed E-state index contributed by atoms with van der Waals surface area (Å²) in [4.78, 5) is 11.9. The van der Waals surface area contributed by atoms with Crippen molar-refractivity contribution in [2.24, 2.45) is 0 Å². The topological polar surface area (TPSA) is 44.4 Å². The number of ether oxygens (including phenoxy) is 1. The van der Waals surface area contributed by atoms with Gasteiger partial charge < -0.3 is 14.6 Å². The van der Waals surface area contributed by atoms with E-state index in [0.717, 1.165) is 39.1 Å². The molecule has 3 heterocycles. The normalized spacial score (nSPS) is 15.5. The lowest BCUT2D eigenvalue weighted by Gasteiger charge is -2.36. The Morgan fingerprint density at radius 3 is 2.77 bits per heavy atom. The molecule has 1 aliphatic rings. The van der Waals surface area contributed by atoms with Crippen molar-refractivity contribution in [2.45, 2.75) is 6.42 Å². The van der Waals surface area contributed by atoms with Crippen LogP contribution in [-0.4, -0.2) is 54.2 Å². The van der Waals surface area contributed by atoms with Crippen LogP contribution >= 0.6 is 0 Å². The van der Waals surface area contributed by atoms with E-state index in [-0.39, 0.29) is 0 Å². The van der Waals surface area contributed by atoms with Crippen LogP contribution in [0.15, 0.2) is 48.8 Å². The van der Waals surface area contributed by atoms with Crippen LogP contribution in [0.2, 0.25) is 0 Å². The molecule has 1 fully saturated rings. The molecule has 1 saturated heterocycles. The Morgan fingerprint density at radius 2 is 1.96 bits per heavy atom. The number of para-hydroxylation sites is 1. The van der Waals surface area contributed by atoms with Crippen molar-refractivity contribution < 1.29 is 9.13 Å². The summed E-state index contributed by atoms with van der Waals surface area (Å²) in [7, 11) is 0. The van der Waals surface area contributed by atoms with E-state index >= 15 is 0 Å². The first-order valence-electron chi connectivity index (χ1n) is 9.07. The molecule has 2 aromatic heterocycles. The maximum Gasteiger partial charge on any atom is 0.213 e. The lowest BCUT2D eigenvalue weighted by atomic mass is 10.2. The Kier molecular flexibility index (Phi) is 5.02. The number of pyridine rings is 1. The van der Waals surface area contributed by atoms with Crippen molar-refractivity contribution in [1.29, 1.82) is 0 Å². The highest BCUT2D eigenvalue weighted by Crippen LogP contribution is 2.26. The van der Waals surface area contributed by atoms with E-state index in [1.165, 1.54) is 28.9 Å². The standard InChI is InChI=1S/C20H23FN4O/c21-19-6-5-17(15-23-19)26-14-2-9-24-10-12-25(13-11-24)18-4-1-3-16-7-8-22-20(16)18/h1,3-8,15,22H,2,9-14H2. The third-order valence-corrected chi connectivity index (χ3v) is 4.87. The number of halogens is 1. The summed E-state index contributed by atoms with van der Waals surface area (Å²) in [5, 5.41) is 1.26. The summed E-state index contributed by atoms with van der Waals surface area (Å²) in [6, 6.07) is 11.5. The van der Waals surface area contributed by atoms with Crippen LogP contribution < -0.4 is 9.64 Å². The van der Waals surface area contributed by atoms with E-state index in [1.54, 1.807) is 6.07 Å². The van der Waals surface area contributed by atoms with Crippen LogP contribution in [0.5, 0.6) is 5.75 Å². The average molecular weight is 354 g/mol. The minimum Gasteiger partial charge on any atom is -0.492 e. The quantitative estimate of drug-likeness (QED) is 0.545. The first-order chi connectivity index (χ1) is 12.8. The fourth-order valence-corrected chi connectivity index (χ4v) is 3.47. The number of H-pyrrole nitrogens is 1. The third kappa shape index (κ3) is 3.80. The highest BCUT2D eigenvalue weighted by Gasteiger charge is 2.18. The van der Waals surface area contributed by atoms with Gasteiger partial charge in [0.15, 0.2) is 0 Å². The number of aromatic nitrogens is 2. The number of hydrogen-bond acceptors (Lipinski definition) is 4. The van der Waals surface area contributed by atoms with Gasteiger partial charge in [-0.05, 0) is 30.7 Å². The largest absolute Gasteiger partial charge is 0.492 e. The second-order valence-electron chi connectivity index (χ2n) is 6.57. The van der Waals surface area contributed by atoms with Gasteiger partial charge in [-0.2, -0.15) is 4.39 Å². The maximum atomic E-state index is 12.8. The van der Waals surface area contributed by atoms with Gasteiger partial charge in [0, 0.05) is 44.3 Å². The molecule has 4 rings (SSSR count). The van der Waals surface area contributed by atoms with Crippen LogP contribution in [0.4, 0.5) is 10.1 Å². The minimum atomic E-state index is -0.481. The number of nitrogens with zero attached hydrogens (tertiary/aromatic N) is 3. The molecule has 0 radical (unpaired) electrons. The van der Waals surface area contributed by atoms with E-state index in [4.69, 9.17) is 4.74 Å². The van der Waals surface area contributed by atoms with Gasteiger partial charge in [-0.25, -0.2) is 4.98 Å². The van der Waals surface area contributed by atoms with E-state index < -0.39 is 5.95 Å². The Morgan fingerprint density at radius 1 is 1.08 bits per heavy atom.